The number of amides is 1. The van der Waals surface area contributed by atoms with Crippen molar-refractivity contribution < 1.29 is 15.0 Å². The predicted molar refractivity (Wildman–Crippen MR) is 122 cm³/mol. The molecule has 0 unspecified atom stereocenters. The number of carbonyl (C=O) groups excluding carboxylic acids is 1. The van der Waals surface area contributed by atoms with Gasteiger partial charge < -0.3 is 20.4 Å². The summed E-state index contributed by atoms with van der Waals surface area (Å²) in [6.45, 7) is 0.942. The van der Waals surface area contributed by atoms with E-state index in [0.29, 0.717) is 24.6 Å². The number of carbonyl (C=O) groups is 1. The highest BCUT2D eigenvalue weighted by Crippen LogP contribution is 2.36. The monoisotopic (exact) mass is 426 g/mol. The average Bonchev–Trinajstić information content (AvgIpc) is 3.37. The summed E-state index contributed by atoms with van der Waals surface area (Å²) in [5.41, 5.74) is 4.33. The molecule has 1 aromatic heterocycles. The highest BCUT2D eigenvalue weighted by atomic mass is 16.3. The Morgan fingerprint density at radius 1 is 0.938 bits per heavy atom. The molecule has 5 rings (SSSR count). The van der Waals surface area contributed by atoms with Gasteiger partial charge in [0.15, 0.2) is 0 Å². The quantitative estimate of drug-likeness (QED) is 0.450. The first-order valence-corrected chi connectivity index (χ1v) is 10.3. The van der Waals surface area contributed by atoms with Crippen LogP contribution >= 0.6 is 0 Å². The first-order chi connectivity index (χ1) is 15.5. The molecule has 0 fully saturated rings. The maximum Gasteiger partial charge on any atom is 0.260 e. The molecule has 0 saturated heterocycles. The van der Waals surface area contributed by atoms with Gasteiger partial charge in [0, 0.05) is 43.9 Å². The number of benzene rings is 3. The van der Waals surface area contributed by atoms with Gasteiger partial charge in [0.1, 0.15) is 22.9 Å². The third-order valence-electron chi connectivity index (χ3n) is 5.66. The van der Waals surface area contributed by atoms with E-state index >= 15 is 0 Å². The van der Waals surface area contributed by atoms with Crippen molar-refractivity contribution in [2.75, 3.05) is 5.32 Å². The summed E-state index contributed by atoms with van der Waals surface area (Å²) in [4.78, 5) is 15.1. The summed E-state index contributed by atoms with van der Waals surface area (Å²) in [6.07, 6.45) is 0. The zero-order valence-corrected chi connectivity index (χ0v) is 17.5. The van der Waals surface area contributed by atoms with Gasteiger partial charge in [0.2, 0.25) is 0 Å². The fraction of sp³-hybridized carbons (Fsp3) is 0.120. The molecule has 4 aromatic rings. The van der Waals surface area contributed by atoms with E-state index in [-0.39, 0.29) is 23.0 Å². The Hall–Kier alpha value is -4.26. The van der Waals surface area contributed by atoms with Crippen molar-refractivity contribution in [3.8, 4) is 22.8 Å². The molecule has 0 aliphatic carbocycles. The van der Waals surface area contributed by atoms with Crippen molar-refractivity contribution in [2.45, 2.75) is 13.1 Å². The van der Waals surface area contributed by atoms with Crippen molar-refractivity contribution in [1.29, 1.82) is 0 Å². The number of fused-ring (bicyclic) bond motifs is 1. The summed E-state index contributed by atoms with van der Waals surface area (Å²) in [6, 6.07) is 22.1. The molecule has 3 N–H and O–H groups in total. The molecule has 0 spiro atoms. The Kier molecular flexibility index (Phi) is 4.78. The van der Waals surface area contributed by atoms with E-state index in [2.05, 4.69) is 10.4 Å². The van der Waals surface area contributed by atoms with Crippen LogP contribution in [-0.4, -0.2) is 30.8 Å². The molecule has 3 aromatic carbocycles. The Bertz CT molecular complexity index is 1290. The minimum atomic E-state index is -0.313. The van der Waals surface area contributed by atoms with E-state index in [0.717, 1.165) is 22.4 Å². The topological polar surface area (TPSA) is 90.6 Å². The van der Waals surface area contributed by atoms with E-state index in [1.807, 2.05) is 60.7 Å². The molecule has 7 heteroatoms. The van der Waals surface area contributed by atoms with Crippen LogP contribution in [0.15, 0.2) is 72.8 Å². The lowest BCUT2D eigenvalue weighted by Gasteiger charge is -2.19. The number of rotatable bonds is 4. The van der Waals surface area contributed by atoms with Crippen LogP contribution in [0.2, 0.25) is 0 Å². The maximum atomic E-state index is 13.4. The molecule has 0 radical (unpaired) electrons. The van der Waals surface area contributed by atoms with Gasteiger partial charge in [-0.25, -0.2) is 0 Å². The van der Waals surface area contributed by atoms with E-state index < -0.39 is 0 Å². The van der Waals surface area contributed by atoms with E-state index in [9.17, 15) is 15.0 Å². The van der Waals surface area contributed by atoms with Gasteiger partial charge in [-0.3, -0.25) is 9.48 Å². The summed E-state index contributed by atoms with van der Waals surface area (Å²) in [7, 11) is 1.79. The number of phenols is 2. The van der Waals surface area contributed by atoms with Crippen LogP contribution in [0.4, 0.5) is 11.5 Å². The van der Waals surface area contributed by atoms with E-state index in [4.69, 9.17) is 0 Å². The lowest BCUT2D eigenvalue weighted by Crippen LogP contribution is -2.26. The van der Waals surface area contributed by atoms with Crippen molar-refractivity contribution in [2.24, 2.45) is 7.05 Å². The molecule has 0 atom stereocenters. The molecule has 160 valence electrons. The second kappa shape index (κ2) is 7.77. The number of aryl methyl sites for hydroxylation is 1. The first-order valence-electron chi connectivity index (χ1n) is 10.3. The van der Waals surface area contributed by atoms with Crippen molar-refractivity contribution in [3.05, 3.63) is 89.5 Å². The Labute approximate surface area is 185 Å². The first kappa shape index (κ1) is 19.7. The summed E-state index contributed by atoms with van der Waals surface area (Å²) < 4.78 is 1.66. The third kappa shape index (κ3) is 3.54. The lowest BCUT2D eigenvalue weighted by molar-refractivity contribution is 0.0749. The van der Waals surface area contributed by atoms with Crippen LogP contribution in [0.1, 0.15) is 21.5 Å². The maximum absolute atomic E-state index is 13.4. The number of aromatic hydroxyl groups is 2. The third-order valence-corrected chi connectivity index (χ3v) is 5.66. The van der Waals surface area contributed by atoms with Gasteiger partial charge in [-0.15, -0.1) is 0 Å². The van der Waals surface area contributed by atoms with Gasteiger partial charge in [0.25, 0.3) is 5.91 Å². The zero-order valence-electron chi connectivity index (χ0n) is 17.5. The predicted octanol–water partition coefficient (Wildman–Crippen LogP) is 4.40. The second-order valence-corrected chi connectivity index (χ2v) is 7.85. The Morgan fingerprint density at radius 2 is 1.59 bits per heavy atom. The molecule has 32 heavy (non-hydrogen) atoms. The highest BCUT2D eigenvalue weighted by molar-refractivity contribution is 6.03. The molecule has 1 aliphatic rings. The molecular formula is C25H22N4O3. The van der Waals surface area contributed by atoms with Crippen LogP contribution in [0.25, 0.3) is 11.3 Å². The van der Waals surface area contributed by atoms with Crippen molar-refractivity contribution in [1.82, 2.24) is 14.7 Å². The van der Waals surface area contributed by atoms with Crippen LogP contribution in [0.5, 0.6) is 11.5 Å². The number of anilines is 2. The fourth-order valence-electron chi connectivity index (χ4n) is 4.04. The molecule has 2 heterocycles. The second-order valence-electron chi connectivity index (χ2n) is 7.85. The van der Waals surface area contributed by atoms with Gasteiger partial charge in [0.05, 0.1) is 11.4 Å². The van der Waals surface area contributed by atoms with E-state index in [1.165, 1.54) is 12.1 Å². The van der Waals surface area contributed by atoms with Crippen molar-refractivity contribution in [3.63, 3.8) is 0 Å². The smallest absolute Gasteiger partial charge is 0.260 e. The summed E-state index contributed by atoms with van der Waals surface area (Å²) in [5, 5.41) is 28.4. The zero-order chi connectivity index (χ0) is 22.2. The van der Waals surface area contributed by atoms with Gasteiger partial charge in [-0.1, -0.05) is 54.6 Å². The standard InChI is InChI=1S/C25H22N4O3/c1-28-23(13-20(27-28)16-7-3-2-4-8-16)26-21-11-19(30)12-22(31)24(21)25(32)29-14-17-9-5-6-10-18(17)15-29/h2-13,26,30-31H,14-15H2,1H3. The minimum absolute atomic E-state index is 0.109. The van der Waals surface area contributed by atoms with Crippen LogP contribution in [0, 0.1) is 0 Å². The van der Waals surface area contributed by atoms with Crippen LogP contribution < -0.4 is 5.32 Å². The van der Waals surface area contributed by atoms with Crippen LogP contribution in [0.3, 0.4) is 0 Å². The molecule has 7 nitrogen and oxygen atoms in total. The average molecular weight is 426 g/mol. The van der Waals surface area contributed by atoms with Crippen LogP contribution in [-0.2, 0) is 20.1 Å². The number of nitrogens with zero attached hydrogens (tertiary/aromatic N) is 3. The fourth-order valence-corrected chi connectivity index (χ4v) is 4.04. The molecule has 0 saturated carbocycles. The van der Waals surface area contributed by atoms with Gasteiger partial charge in [-0.2, -0.15) is 5.10 Å². The van der Waals surface area contributed by atoms with Crippen molar-refractivity contribution >= 4 is 17.4 Å². The number of nitrogens with one attached hydrogen (secondary N) is 1. The summed E-state index contributed by atoms with van der Waals surface area (Å²) in [5.74, 6) is -0.116. The minimum Gasteiger partial charge on any atom is -0.508 e. The van der Waals surface area contributed by atoms with E-state index in [1.54, 1.807) is 16.6 Å². The largest absolute Gasteiger partial charge is 0.508 e. The van der Waals surface area contributed by atoms with Gasteiger partial charge >= 0.3 is 0 Å². The molecule has 1 amide bonds. The summed E-state index contributed by atoms with van der Waals surface area (Å²) >= 11 is 0. The highest BCUT2D eigenvalue weighted by Gasteiger charge is 2.28. The normalized spacial score (nSPS) is 12.6. The lowest BCUT2D eigenvalue weighted by atomic mass is 10.1. The number of phenolic OH excluding ortho intramolecular Hbond substituents is 2. The van der Waals surface area contributed by atoms with Gasteiger partial charge in [-0.05, 0) is 11.1 Å². The molecule has 1 aliphatic heterocycles. The Morgan fingerprint density at radius 3 is 2.28 bits per heavy atom. The SMILES string of the molecule is Cn1nc(-c2ccccc2)cc1Nc1cc(O)cc(O)c1C(=O)N1Cc2ccccc2C1. The number of aromatic nitrogens is 2. The Balaban J connectivity index is 1.48. The number of hydrogen-bond donors (Lipinski definition) is 3. The molecule has 0 bridgehead atoms. The number of hydrogen-bond acceptors (Lipinski definition) is 5. The molecular weight excluding hydrogens is 404 g/mol.